The lowest BCUT2D eigenvalue weighted by Crippen LogP contribution is -2.50. The quantitative estimate of drug-likeness (QED) is 0.175. The van der Waals surface area contributed by atoms with E-state index in [-0.39, 0.29) is 30.7 Å². The van der Waals surface area contributed by atoms with Crippen LogP contribution < -0.4 is 16.3 Å². The van der Waals surface area contributed by atoms with Crippen LogP contribution in [-0.4, -0.2) is 29.7 Å². The van der Waals surface area contributed by atoms with Crippen LogP contribution >= 0.6 is 11.8 Å². The van der Waals surface area contributed by atoms with Crippen LogP contribution in [-0.2, 0) is 21.8 Å². The number of hydrogen-bond donors (Lipinski definition) is 2. The van der Waals surface area contributed by atoms with Crippen LogP contribution in [0.15, 0.2) is 92.7 Å². The molecule has 216 valence electrons. The van der Waals surface area contributed by atoms with Gasteiger partial charge in [0.1, 0.15) is 17.2 Å². The molecule has 0 radical (unpaired) electrons. The molecule has 0 fully saturated rings. The van der Waals surface area contributed by atoms with E-state index in [0.29, 0.717) is 22.5 Å². The molecule has 42 heavy (non-hydrogen) atoms. The number of nitrogens with one attached hydrogen (secondary N) is 2. The van der Waals surface area contributed by atoms with E-state index in [0.717, 1.165) is 38.8 Å². The number of hydrogen-bond acceptors (Lipinski definition) is 6. The summed E-state index contributed by atoms with van der Waals surface area (Å²) in [6.07, 6.45) is 1.96. The molecule has 8 heteroatoms. The van der Waals surface area contributed by atoms with Gasteiger partial charge in [0, 0.05) is 51.9 Å². The summed E-state index contributed by atoms with van der Waals surface area (Å²) in [7, 11) is 0. The standard InChI is InChI=1S/C34H34N2O5S/c1-21(2)35-33(38)29(20-42-19-23-10-6-4-7-11-23)36-32(37)15-14-25-22(3)26-16-27-28(24-12-8-5-9-13-24)18-40-30(27)17-31(26)41-34(25)39/h4-13,16-18,21,29H,14-15,19-20H2,1-3H3,(H,35,38)(H,36,37). The van der Waals surface area contributed by atoms with E-state index < -0.39 is 11.7 Å². The van der Waals surface area contributed by atoms with Gasteiger partial charge in [-0.2, -0.15) is 11.8 Å². The van der Waals surface area contributed by atoms with Gasteiger partial charge in [-0.3, -0.25) is 9.59 Å². The molecule has 0 saturated heterocycles. The van der Waals surface area contributed by atoms with Crippen LogP contribution in [0.4, 0.5) is 0 Å². The first kappa shape index (κ1) is 29.2. The number of furan rings is 1. The summed E-state index contributed by atoms with van der Waals surface area (Å²) in [4.78, 5) is 38.9. The molecule has 0 spiro atoms. The number of thioether (sulfide) groups is 1. The molecular weight excluding hydrogens is 548 g/mol. The van der Waals surface area contributed by atoms with Crippen molar-refractivity contribution < 1.29 is 18.4 Å². The topological polar surface area (TPSA) is 102 Å². The second-order valence-electron chi connectivity index (χ2n) is 10.6. The molecule has 1 atom stereocenters. The number of carbonyl (C=O) groups excluding carboxylic acids is 2. The van der Waals surface area contributed by atoms with Crippen LogP contribution in [0.3, 0.4) is 0 Å². The summed E-state index contributed by atoms with van der Waals surface area (Å²) in [5.41, 5.74) is 4.94. The van der Waals surface area contributed by atoms with Crippen molar-refractivity contribution in [3.05, 3.63) is 106 Å². The zero-order valence-electron chi connectivity index (χ0n) is 23.9. The summed E-state index contributed by atoms with van der Waals surface area (Å²) >= 11 is 1.59. The van der Waals surface area contributed by atoms with Gasteiger partial charge >= 0.3 is 5.63 Å². The lowest BCUT2D eigenvalue weighted by atomic mass is 9.99. The van der Waals surface area contributed by atoms with Gasteiger partial charge in [0.25, 0.3) is 0 Å². The van der Waals surface area contributed by atoms with Gasteiger partial charge in [-0.1, -0.05) is 60.7 Å². The number of benzene rings is 3. The number of amides is 2. The summed E-state index contributed by atoms with van der Waals surface area (Å²) in [5, 5.41) is 7.49. The molecule has 2 heterocycles. The third-order valence-corrected chi connectivity index (χ3v) is 8.25. The van der Waals surface area contributed by atoms with Crippen molar-refractivity contribution in [2.24, 2.45) is 0 Å². The molecule has 0 aliphatic carbocycles. The average Bonchev–Trinajstić information content (AvgIpc) is 3.39. The Labute approximate surface area is 248 Å². The molecule has 2 N–H and O–H groups in total. The van der Waals surface area contributed by atoms with Crippen molar-refractivity contribution in [1.29, 1.82) is 0 Å². The number of aryl methyl sites for hydroxylation is 1. The second kappa shape index (κ2) is 13.1. The normalized spacial score (nSPS) is 12.1. The van der Waals surface area contributed by atoms with E-state index in [1.807, 2.05) is 87.5 Å². The van der Waals surface area contributed by atoms with E-state index in [4.69, 9.17) is 8.83 Å². The second-order valence-corrected chi connectivity index (χ2v) is 11.7. The van der Waals surface area contributed by atoms with Gasteiger partial charge in [-0.25, -0.2) is 4.79 Å². The van der Waals surface area contributed by atoms with Gasteiger partial charge in [0.2, 0.25) is 11.8 Å². The first-order valence-electron chi connectivity index (χ1n) is 14.0. The Morgan fingerprint density at radius 3 is 2.33 bits per heavy atom. The first-order chi connectivity index (χ1) is 20.3. The van der Waals surface area contributed by atoms with Crippen LogP contribution in [0.2, 0.25) is 0 Å². The maximum absolute atomic E-state index is 13.0. The Balaban J connectivity index is 1.31. The van der Waals surface area contributed by atoms with Crippen LogP contribution in [0, 0.1) is 6.92 Å². The number of carbonyl (C=O) groups is 2. The van der Waals surface area contributed by atoms with E-state index >= 15 is 0 Å². The fraction of sp³-hybridized carbons (Fsp3) is 0.265. The zero-order chi connectivity index (χ0) is 29.6. The van der Waals surface area contributed by atoms with Crippen molar-refractivity contribution in [2.75, 3.05) is 5.75 Å². The smallest absolute Gasteiger partial charge is 0.339 e. The molecule has 0 aliphatic heterocycles. The molecule has 2 amide bonds. The predicted octanol–water partition coefficient (Wildman–Crippen LogP) is 6.39. The van der Waals surface area contributed by atoms with Crippen molar-refractivity contribution >= 4 is 45.5 Å². The number of fused-ring (bicyclic) bond motifs is 2. The Morgan fingerprint density at radius 1 is 0.905 bits per heavy atom. The Bertz CT molecular complexity index is 1760. The zero-order valence-corrected chi connectivity index (χ0v) is 24.8. The van der Waals surface area contributed by atoms with Crippen LogP contribution in [0.25, 0.3) is 33.1 Å². The first-order valence-corrected chi connectivity index (χ1v) is 15.2. The van der Waals surface area contributed by atoms with E-state index in [9.17, 15) is 14.4 Å². The predicted molar refractivity (Wildman–Crippen MR) is 169 cm³/mol. The molecule has 0 aliphatic rings. The molecule has 5 aromatic rings. The maximum atomic E-state index is 13.0. The molecule has 0 bridgehead atoms. The van der Waals surface area contributed by atoms with Crippen molar-refractivity contribution in [2.45, 2.75) is 51.4 Å². The molecule has 2 aromatic heterocycles. The minimum atomic E-state index is -0.687. The maximum Gasteiger partial charge on any atom is 0.339 e. The lowest BCUT2D eigenvalue weighted by molar-refractivity contribution is -0.128. The van der Waals surface area contributed by atoms with Gasteiger partial charge in [-0.15, -0.1) is 0 Å². The van der Waals surface area contributed by atoms with Gasteiger partial charge in [-0.05, 0) is 49.9 Å². The largest absolute Gasteiger partial charge is 0.464 e. The summed E-state index contributed by atoms with van der Waals surface area (Å²) < 4.78 is 11.5. The van der Waals surface area contributed by atoms with Crippen LogP contribution in [0.1, 0.15) is 37.0 Å². The minimum Gasteiger partial charge on any atom is -0.464 e. The van der Waals surface area contributed by atoms with E-state index in [1.165, 1.54) is 0 Å². The third-order valence-electron chi connectivity index (χ3n) is 7.15. The van der Waals surface area contributed by atoms with E-state index in [1.54, 1.807) is 24.1 Å². The SMILES string of the molecule is Cc1c(CCC(=O)NC(CSCc2ccccc2)C(=O)NC(C)C)c(=O)oc2cc3occ(-c4ccccc4)c3cc12. The Kier molecular flexibility index (Phi) is 9.12. The number of rotatable bonds is 11. The molecule has 3 aromatic carbocycles. The molecule has 7 nitrogen and oxygen atoms in total. The molecule has 1 unspecified atom stereocenters. The molecular formula is C34H34N2O5S. The highest BCUT2D eigenvalue weighted by molar-refractivity contribution is 7.98. The minimum absolute atomic E-state index is 0.0507. The van der Waals surface area contributed by atoms with Crippen molar-refractivity contribution in [1.82, 2.24) is 10.6 Å². The molecule has 5 rings (SSSR count). The van der Waals surface area contributed by atoms with Gasteiger partial charge < -0.3 is 19.5 Å². The lowest BCUT2D eigenvalue weighted by Gasteiger charge is -2.20. The average molecular weight is 583 g/mol. The molecule has 0 saturated carbocycles. The van der Waals surface area contributed by atoms with Crippen molar-refractivity contribution in [3.63, 3.8) is 0 Å². The van der Waals surface area contributed by atoms with E-state index in [2.05, 4.69) is 10.6 Å². The van der Waals surface area contributed by atoms with Crippen LogP contribution in [0.5, 0.6) is 0 Å². The Morgan fingerprint density at radius 2 is 1.62 bits per heavy atom. The third kappa shape index (κ3) is 6.77. The summed E-state index contributed by atoms with van der Waals surface area (Å²) in [6, 6.07) is 22.9. The Hall–Kier alpha value is -4.30. The highest BCUT2D eigenvalue weighted by atomic mass is 32.2. The summed E-state index contributed by atoms with van der Waals surface area (Å²) in [5.74, 6) is 0.643. The van der Waals surface area contributed by atoms with Gasteiger partial charge in [0.05, 0.1) is 6.26 Å². The fourth-order valence-corrected chi connectivity index (χ4v) is 6.00. The van der Waals surface area contributed by atoms with Gasteiger partial charge in [0.15, 0.2) is 0 Å². The summed E-state index contributed by atoms with van der Waals surface area (Å²) in [6.45, 7) is 5.64. The monoisotopic (exact) mass is 582 g/mol. The fourth-order valence-electron chi connectivity index (χ4n) is 4.98. The highest BCUT2D eigenvalue weighted by Gasteiger charge is 2.22. The highest BCUT2D eigenvalue weighted by Crippen LogP contribution is 2.34. The van der Waals surface area contributed by atoms with Crippen molar-refractivity contribution in [3.8, 4) is 11.1 Å².